The molecule has 0 aliphatic heterocycles. The van der Waals surface area contributed by atoms with E-state index in [1.807, 2.05) is 6.08 Å². The lowest BCUT2D eigenvalue weighted by Crippen LogP contribution is -2.10. The largest absolute Gasteiger partial charge is 0.364 e. The van der Waals surface area contributed by atoms with Gasteiger partial charge in [0, 0.05) is 23.7 Å². The van der Waals surface area contributed by atoms with Crippen molar-refractivity contribution in [3.8, 4) is 0 Å². The third-order valence-corrected chi connectivity index (χ3v) is 4.40. The van der Waals surface area contributed by atoms with Gasteiger partial charge in [0.05, 0.1) is 0 Å². The summed E-state index contributed by atoms with van der Waals surface area (Å²) in [4.78, 5) is 3.47. The van der Waals surface area contributed by atoms with E-state index < -0.39 is 0 Å². The van der Waals surface area contributed by atoms with Crippen molar-refractivity contribution < 1.29 is 0 Å². The van der Waals surface area contributed by atoms with Gasteiger partial charge in [0.15, 0.2) is 0 Å². The lowest BCUT2D eigenvalue weighted by molar-refractivity contribution is 0.687. The van der Waals surface area contributed by atoms with Gasteiger partial charge in [-0.1, -0.05) is 68.5 Å². The molecule has 0 radical (unpaired) electrons. The van der Waals surface area contributed by atoms with Gasteiger partial charge < -0.3 is 4.98 Å². The number of nitrogens with one attached hydrogen (secondary N) is 1. The van der Waals surface area contributed by atoms with E-state index in [4.69, 9.17) is 0 Å². The molecule has 0 amide bonds. The zero-order valence-electron chi connectivity index (χ0n) is 13.3. The van der Waals surface area contributed by atoms with Crippen molar-refractivity contribution in [2.75, 3.05) is 0 Å². The Bertz CT molecular complexity index is 701. The van der Waals surface area contributed by atoms with Crippen LogP contribution in [-0.4, -0.2) is 4.98 Å². The van der Waals surface area contributed by atoms with Gasteiger partial charge in [-0.25, -0.2) is 0 Å². The van der Waals surface area contributed by atoms with Crippen LogP contribution in [0.3, 0.4) is 0 Å². The highest BCUT2D eigenvalue weighted by Gasteiger charge is 2.22. The molecule has 0 fully saturated rings. The molecule has 1 aliphatic carbocycles. The molecule has 2 atom stereocenters. The molecule has 2 aromatic rings. The second-order valence-corrected chi connectivity index (χ2v) is 6.23. The van der Waals surface area contributed by atoms with Crippen LogP contribution in [0.1, 0.15) is 42.5 Å². The molecule has 112 valence electrons. The van der Waals surface area contributed by atoms with Gasteiger partial charge in [-0.3, -0.25) is 0 Å². The first-order valence-electron chi connectivity index (χ1n) is 7.95. The third-order valence-electron chi connectivity index (χ3n) is 4.40. The molecule has 1 nitrogen and oxygen atoms in total. The summed E-state index contributed by atoms with van der Waals surface area (Å²) in [7, 11) is 0. The lowest BCUT2D eigenvalue weighted by atomic mass is 9.82. The predicted molar refractivity (Wildman–Crippen MR) is 94.9 cm³/mol. The zero-order chi connectivity index (χ0) is 15.5. The van der Waals surface area contributed by atoms with Crippen LogP contribution >= 0.6 is 0 Å². The monoisotopic (exact) mass is 289 g/mol. The molecule has 1 heterocycles. The minimum atomic E-state index is 0.324. The topological polar surface area (TPSA) is 15.8 Å². The van der Waals surface area contributed by atoms with E-state index in [-0.39, 0.29) is 0 Å². The van der Waals surface area contributed by atoms with E-state index >= 15 is 0 Å². The van der Waals surface area contributed by atoms with E-state index in [0.717, 1.165) is 0 Å². The molecule has 2 unspecified atom stereocenters. The number of aromatic nitrogens is 1. The van der Waals surface area contributed by atoms with Crippen LogP contribution in [-0.2, 0) is 0 Å². The molecule has 1 aromatic heterocycles. The molecule has 1 N–H and O–H groups in total. The molecule has 22 heavy (non-hydrogen) atoms. The minimum Gasteiger partial charge on any atom is -0.364 e. The maximum atomic E-state index is 4.01. The normalized spacial score (nSPS) is 21.0. The number of aromatic amines is 1. The lowest BCUT2D eigenvalue weighted by Gasteiger charge is -2.23. The Morgan fingerprint density at radius 1 is 1.18 bits per heavy atom. The average Bonchev–Trinajstić information content (AvgIpc) is 3.05. The van der Waals surface area contributed by atoms with Crippen LogP contribution in [0.25, 0.3) is 5.57 Å². The number of benzene rings is 1. The van der Waals surface area contributed by atoms with Crippen molar-refractivity contribution in [1.82, 2.24) is 4.98 Å². The quantitative estimate of drug-likeness (QED) is 0.697. The van der Waals surface area contributed by atoms with E-state index in [1.54, 1.807) is 0 Å². The van der Waals surface area contributed by atoms with Gasteiger partial charge in [-0.15, -0.1) is 6.58 Å². The molecule has 0 spiro atoms. The Morgan fingerprint density at radius 3 is 2.59 bits per heavy atom. The summed E-state index contributed by atoms with van der Waals surface area (Å²) < 4.78 is 0. The first kappa shape index (κ1) is 14.6. The molecule has 1 aromatic carbocycles. The molecule has 0 saturated carbocycles. The van der Waals surface area contributed by atoms with Crippen LogP contribution in [0.2, 0.25) is 0 Å². The van der Waals surface area contributed by atoms with Gasteiger partial charge in [0.1, 0.15) is 0 Å². The molecule has 3 rings (SSSR count). The maximum Gasteiger partial charge on any atom is 0.0276 e. The number of allylic oxidation sites excluding steroid dienone is 5. The molecule has 1 aliphatic rings. The summed E-state index contributed by atoms with van der Waals surface area (Å²) in [6, 6.07) is 12.9. The Morgan fingerprint density at radius 2 is 1.95 bits per heavy atom. The Labute approximate surface area is 133 Å². The van der Waals surface area contributed by atoms with Gasteiger partial charge in [0.2, 0.25) is 0 Å². The average molecular weight is 289 g/mol. The fourth-order valence-corrected chi connectivity index (χ4v) is 3.00. The van der Waals surface area contributed by atoms with Crippen molar-refractivity contribution in [2.24, 2.45) is 5.92 Å². The van der Waals surface area contributed by atoms with Crippen LogP contribution in [0, 0.1) is 5.92 Å². The summed E-state index contributed by atoms with van der Waals surface area (Å²) in [5.74, 6) is 1.21. The van der Waals surface area contributed by atoms with Crippen molar-refractivity contribution in [1.29, 1.82) is 0 Å². The van der Waals surface area contributed by atoms with Gasteiger partial charge in [-0.05, 0) is 28.7 Å². The summed E-state index contributed by atoms with van der Waals surface area (Å²) in [5.41, 5.74) is 5.18. The van der Waals surface area contributed by atoms with E-state index in [9.17, 15) is 0 Å². The minimum absolute atomic E-state index is 0.324. The van der Waals surface area contributed by atoms with Crippen LogP contribution in [0.4, 0.5) is 0 Å². The summed E-state index contributed by atoms with van der Waals surface area (Å²) in [5, 5.41) is 0. The number of H-pyrrole nitrogens is 1. The Hall–Kier alpha value is -2.28. The molecular formula is C21H23N. The number of hydrogen-bond donors (Lipinski definition) is 1. The maximum absolute atomic E-state index is 4.01. The standard InChI is InChI=1S/C21H23N/c1-4-16-10-11-18(17-8-6-5-7-9-17)12-20(16)21-13-19(14-22-21)15(2)3/h4-16,20,22H,1H2,2-3H3. The van der Waals surface area contributed by atoms with Crippen LogP contribution in [0.15, 0.2) is 73.5 Å². The van der Waals surface area contributed by atoms with Crippen LogP contribution < -0.4 is 0 Å². The smallest absolute Gasteiger partial charge is 0.0276 e. The second-order valence-electron chi connectivity index (χ2n) is 6.23. The van der Waals surface area contributed by atoms with Gasteiger partial charge in [-0.2, -0.15) is 0 Å². The van der Waals surface area contributed by atoms with Crippen molar-refractivity contribution in [2.45, 2.75) is 25.7 Å². The van der Waals surface area contributed by atoms with Gasteiger partial charge in [0.25, 0.3) is 0 Å². The van der Waals surface area contributed by atoms with Crippen molar-refractivity contribution in [3.05, 3.63) is 90.3 Å². The molecule has 0 bridgehead atoms. The van der Waals surface area contributed by atoms with Gasteiger partial charge >= 0.3 is 0 Å². The highest BCUT2D eigenvalue weighted by atomic mass is 14.7. The predicted octanol–water partition coefficient (Wildman–Crippen LogP) is 5.68. The third kappa shape index (κ3) is 2.85. The number of hydrogen-bond acceptors (Lipinski definition) is 0. The molecular weight excluding hydrogens is 266 g/mol. The van der Waals surface area contributed by atoms with Crippen molar-refractivity contribution >= 4 is 5.57 Å². The highest BCUT2D eigenvalue weighted by Crippen LogP contribution is 2.36. The zero-order valence-corrected chi connectivity index (χ0v) is 13.3. The fourth-order valence-electron chi connectivity index (χ4n) is 3.00. The summed E-state index contributed by atoms with van der Waals surface area (Å²) in [6.07, 6.45) is 11.0. The molecule has 0 saturated heterocycles. The van der Waals surface area contributed by atoms with E-state index in [0.29, 0.717) is 17.8 Å². The van der Waals surface area contributed by atoms with Crippen molar-refractivity contribution in [3.63, 3.8) is 0 Å². The Kier molecular flexibility index (Phi) is 4.15. The number of rotatable bonds is 4. The highest BCUT2D eigenvalue weighted by molar-refractivity contribution is 5.76. The molecule has 1 heteroatoms. The Balaban J connectivity index is 1.97. The second kappa shape index (κ2) is 6.23. The first-order valence-corrected chi connectivity index (χ1v) is 7.95. The SMILES string of the molecule is C=CC1C=CC(c2ccccc2)=CC1c1cc(C(C)C)c[nH]1. The fraction of sp³-hybridized carbons (Fsp3) is 0.238. The van der Waals surface area contributed by atoms with E-state index in [1.165, 1.54) is 22.4 Å². The summed E-state index contributed by atoms with van der Waals surface area (Å²) >= 11 is 0. The summed E-state index contributed by atoms with van der Waals surface area (Å²) in [6.45, 7) is 8.46. The van der Waals surface area contributed by atoms with E-state index in [2.05, 4.69) is 86.2 Å². The first-order chi connectivity index (χ1) is 10.7. The van der Waals surface area contributed by atoms with Crippen LogP contribution in [0.5, 0.6) is 0 Å².